The zero-order chi connectivity index (χ0) is 14.7. The predicted molar refractivity (Wildman–Crippen MR) is 70.4 cm³/mol. The third-order valence-corrected chi connectivity index (χ3v) is 2.75. The Morgan fingerprint density at radius 3 is 2.60 bits per heavy atom. The summed E-state index contributed by atoms with van der Waals surface area (Å²) >= 11 is 5.56. The van der Waals surface area contributed by atoms with Gasteiger partial charge >= 0.3 is 0 Å². The molecule has 0 aliphatic rings. The molecule has 0 amide bonds. The van der Waals surface area contributed by atoms with Gasteiger partial charge in [-0.15, -0.1) is 0 Å². The summed E-state index contributed by atoms with van der Waals surface area (Å²) in [4.78, 5) is 0. The molecule has 2 rings (SSSR count). The van der Waals surface area contributed by atoms with E-state index in [1.807, 2.05) is 0 Å². The minimum Gasteiger partial charge on any atom is -0.456 e. The van der Waals surface area contributed by atoms with Gasteiger partial charge in [0.25, 0.3) is 0 Å². The van der Waals surface area contributed by atoms with Crippen LogP contribution in [0.2, 0.25) is 5.02 Å². The second kappa shape index (κ2) is 5.75. The van der Waals surface area contributed by atoms with Gasteiger partial charge in [-0.25, -0.2) is 8.78 Å². The number of amidine groups is 1. The van der Waals surface area contributed by atoms with Crippen molar-refractivity contribution in [2.45, 2.75) is 0 Å². The molecule has 2 aromatic rings. The average molecular weight is 299 g/mol. The van der Waals surface area contributed by atoms with Crippen LogP contribution in [0, 0.1) is 11.6 Å². The SMILES string of the molecule is N/C(=N/O)c1cc(F)ccc1Oc1ccc(Cl)c(F)c1. The summed E-state index contributed by atoms with van der Waals surface area (Å²) in [6.45, 7) is 0. The molecule has 0 aliphatic carbocycles. The fourth-order valence-electron chi connectivity index (χ4n) is 1.51. The topological polar surface area (TPSA) is 67.8 Å². The molecular weight excluding hydrogens is 290 g/mol. The van der Waals surface area contributed by atoms with Crippen LogP contribution in [0.15, 0.2) is 41.6 Å². The third-order valence-electron chi connectivity index (χ3n) is 2.44. The standard InChI is InChI=1S/C13H9ClF2N2O2/c14-10-3-2-8(6-11(10)16)20-12-4-1-7(15)5-9(12)13(17)18-19/h1-6,19H,(H2,17,18). The van der Waals surface area contributed by atoms with E-state index in [9.17, 15) is 8.78 Å². The highest BCUT2D eigenvalue weighted by molar-refractivity contribution is 6.30. The van der Waals surface area contributed by atoms with Crippen LogP contribution < -0.4 is 10.5 Å². The number of nitrogens with zero attached hydrogens (tertiary/aromatic N) is 1. The summed E-state index contributed by atoms with van der Waals surface area (Å²) < 4.78 is 31.9. The van der Waals surface area contributed by atoms with Crippen LogP contribution in [-0.2, 0) is 0 Å². The molecule has 20 heavy (non-hydrogen) atoms. The number of oxime groups is 1. The maximum atomic E-state index is 13.3. The zero-order valence-electron chi connectivity index (χ0n) is 9.98. The summed E-state index contributed by atoms with van der Waals surface area (Å²) in [6.07, 6.45) is 0. The lowest BCUT2D eigenvalue weighted by molar-refractivity contribution is 0.318. The summed E-state index contributed by atoms with van der Waals surface area (Å²) in [7, 11) is 0. The Balaban J connectivity index is 2.40. The van der Waals surface area contributed by atoms with E-state index in [4.69, 9.17) is 27.3 Å². The Hall–Kier alpha value is -2.34. The van der Waals surface area contributed by atoms with Crippen LogP contribution in [-0.4, -0.2) is 11.0 Å². The smallest absolute Gasteiger partial charge is 0.173 e. The molecule has 0 aliphatic heterocycles. The van der Waals surface area contributed by atoms with Crippen molar-refractivity contribution in [3.05, 3.63) is 58.6 Å². The zero-order valence-corrected chi connectivity index (χ0v) is 10.7. The van der Waals surface area contributed by atoms with Gasteiger partial charge in [-0.3, -0.25) is 0 Å². The molecule has 0 saturated heterocycles. The number of hydrogen-bond donors (Lipinski definition) is 2. The molecule has 0 heterocycles. The quantitative estimate of drug-likeness (QED) is 0.394. The van der Waals surface area contributed by atoms with Crippen LogP contribution in [0.25, 0.3) is 0 Å². The molecule has 0 unspecified atom stereocenters. The Labute approximate surface area is 118 Å². The lowest BCUT2D eigenvalue weighted by Gasteiger charge is -2.10. The van der Waals surface area contributed by atoms with Crippen LogP contribution in [0.5, 0.6) is 11.5 Å². The largest absolute Gasteiger partial charge is 0.456 e. The minimum absolute atomic E-state index is 0.0443. The third kappa shape index (κ3) is 2.97. The maximum Gasteiger partial charge on any atom is 0.173 e. The van der Waals surface area contributed by atoms with E-state index in [0.29, 0.717) is 0 Å². The fraction of sp³-hybridized carbons (Fsp3) is 0. The second-order valence-corrected chi connectivity index (χ2v) is 4.21. The molecule has 0 fully saturated rings. The van der Waals surface area contributed by atoms with Crippen LogP contribution >= 0.6 is 11.6 Å². The molecule has 0 spiro atoms. The van der Waals surface area contributed by atoms with Crippen molar-refractivity contribution >= 4 is 17.4 Å². The molecule has 0 radical (unpaired) electrons. The Bertz CT molecular complexity index is 677. The summed E-state index contributed by atoms with van der Waals surface area (Å²) in [5.41, 5.74) is 5.47. The van der Waals surface area contributed by atoms with E-state index in [-0.39, 0.29) is 27.9 Å². The maximum absolute atomic E-state index is 13.3. The Morgan fingerprint density at radius 1 is 1.20 bits per heavy atom. The molecule has 0 bridgehead atoms. The van der Waals surface area contributed by atoms with Gasteiger partial charge in [0.2, 0.25) is 0 Å². The van der Waals surface area contributed by atoms with E-state index in [1.165, 1.54) is 18.2 Å². The lowest BCUT2D eigenvalue weighted by atomic mass is 10.2. The first-order valence-corrected chi connectivity index (χ1v) is 5.79. The van der Waals surface area contributed by atoms with Gasteiger partial charge < -0.3 is 15.7 Å². The predicted octanol–water partition coefficient (Wildman–Crippen LogP) is 3.51. The van der Waals surface area contributed by atoms with Crippen molar-refractivity contribution in [1.82, 2.24) is 0 Å². The molecule has 4 nitrogen and oxygen atoms in total. The number of ether oxygens (including phenoxy) is 1. The first-order valence-electron chi connectivity index (χ1n) is 5.41. The van der Waals surface area contributed by atoms with Crippen LogP contribution in [0.4, 0.5) is 8.78 Å². The van der Waals surface area contributed by atoms with Gasteiger partial charge in [0.15, 0.2) is 5.84 Å². The first-order chi connectivity index (χ1) is 9.51. The number of hydrogen-bond acceptors (Lipinski definition) is 3. The summed E-state index contributed by atoms with van der Waals surface area (Å²) in [6, 6.07) is 7.28. The van der Waals surface area contributed by atoms with Crippen LogP contribution in [0.3, 0.4) is 0 Å². The highest BCUT2D eigenvalue weighted by atomic mass is 35.5. The Kier molecular flexibility index (Phi) is 4.05. The normalized spacial score (nSPS) is 11.4. The van der Waals surface area contributed by atoms with Gasteiger partial charge in [0, 0.05) is 6.07 Å². The van der Waals surface area contributed by atoms with E-state index in [2.05, 4.69) is 5.16 Å². The van der Waals surface area contributed by atoms with Crippen molar-refractivity contribution in [1.29, 1.82) is 0 Å². The minimum atomic E-state index is -0.656. The molecule has 2 aromatic carbocycles. The molecule has 104 valence electrons. The Morgan fingerprint density at radius 2 is 1.95 bits per heavy atom. The van der Waals surface area contributed by atoms with Crippen molar-refractivity contribution in [3.8, 4) is 11.5 Å². The van der Waals surface area contributed by atoms with Gasteiger partial charge in [-0.05, 0) is 30.3 Å². The number of halogens is 3. The average Bonchev–Trinajstić information content (AvgIpc) is 2.44. The molecule has 7 heteroatoms. The van der Waals surface area contributed by atoms with Gasteiger partial charge in [-0.1, -0.05) is 16.8 Å². The lowest BCUT2D eigenvalue weighted by Crippen LogP contribution is -2.14. The summed E-state index contributed by atoms with van der Waals surface area (Å²) in [5, 5.41) is 11.4. The van der Waals surface area contributed by atoms with E-state index in [1.54, 1.807) is 0 Å². The van der Waals surface area contributed by atoms with Gasteiger partial charge in [0.05, 0.1) is 10.6 Å². The monoisotopic (exact) mass is 298 g/mol. The van der Waals surface area contributed by atoms with E-state index >= 15 is 0 Å². The van der Waals surface area contributed by atoms with Crippen molar-refractivity contribution in [2.75, 3.05) is 0 Å². The number of nitrogens with two attached hydrogens (primary N) is 1. The fourth-order valence-corrected chi connectivity index (χ4v) is 1.63. The first kappa shape index (κ1) is 14.1. The molecule has 0 atom stereocenters. The molecule has 0 aromatic heterocycles. The number of rotatable bonds is 3. The van der Waals surface area contributed by atoms with Crippen LogP contribution in [0.1, 0.15) is 5.56 Å². The molecule has 3 N–H and O–H groups in total. The highest BCUT2D eigenvalue weighted by Gasteiger charge is 2.12. The van der Waals surface area contributed by atoms with Gasteiger partial charge in [-0.2, -0.15) is 0 Å². The van der Waals surface area contributed by atoms with E-state index in [0.717, 1.165) is 18.2 Å². The molecule has 0 saturated carbocycles. The van der Waals surface area contributed by atoms with E-state index < -0.39 is 11.6 Å². The van der Waals surface area contributed by atoms with Gasteiger partial charge in [0.1, 0.15) is 23.1 Å². The second-order valence-electron chi connectivity index (χ2n) is 3.80. The van der Waals surface area contributed by atoms with Crippen molar-refractivity contribution in [2.24, 2.45) is 10.9 Å². The highest BCUT2D eigenvalue weighted by Crippen LogP contribution is 2.28. The number of benzene rings is 2. The van der Waals surface area contributed by atoms with Crippen molar-refractivity contribution < 1.29 is 18.7 Å². The summed E-state index contributed by atoms with van der Waals surface area (Å²) in [5.74, 6) is -1.30. The van der Waals surface area contributed by atoms with Crippen molar-refractivity contribution in [3.63, 3.8) is 0 Å². The molecular formula is C13H9ClF2N2O2.